The van der Waals surface area contributed by atoms with E-state index in [1.54, 1.807) is 0 Å². The summed E-state index contributed by atoms with van der Waals surface area (Å²) >= 11 is 0. The topological polar surface area (TPSA) is 87.7 Å². The zero-order valence-corrected chi connectivity index (χ0v) is 8.91. The van der Waals surface area contributed by atoms with Crippen LogP contribution in [0, 0.1) is 0 Å². The van der Waals surface area contributed by atoms with Gasteiger partial charge in [0.15, 0.2) is 0 Å². The van der Waals surface area contributed by atoms with E-state index in [0.717, 1.165) is 50.7 Å². The van der Waals surface area contributed by atoms with Crippen molar-refractivity contribution in [1.29, 1.82) is 0 Å². The number of primary amides is 1. The quantitative estimate of drug-likeness (QED) is 0.570. The van der Waals surface area contributed by atoms with Crippen LogP contribution in [0.1, 0.15) is 44.9 Å². The van der Waals surface area contributed by atoms with Gasteiger partial charge in [0.1, 0.15) is 0 Å². The summed E-state index contributed by atoms with van der Waals surface area (Å²) in [5.41, 5.74) is 8.17. The van der Waals surface area contributed by atoms with E-state index < -0.39 is 6.03 Å². The summed E-state index contributed by atoms with van der Waals surface area (Å²) in [7, 11) is 0. The van der Waals surface area contributed by atoms with Crippen LogP contribution in [-0.2, 0) is 0 Å². The molecule has 0 heterocycles. The second-order valence-corrected chi connectivity index (χ2v) is 3.95. The maximum atomic E-state index is 10.5. The Morgan fingerprint density at radius 3 is 2.73 bits per heavy atom. The molecule has 1 atom stereocenters. The summed E-state index contributed by atoms with van der Waals surface area (Å²) < 4.78 is 0. The van der Waals surface area contributed by atoms with E-state index in [1.807, 2.05) is 0 Å². The van der Waals surface area contributed by atoms with Crippen LogP contribution in [0.5, 0.6) is 0 Å². The Kier molecular flexibility index (Phi) is 5.10. The van der Waals surface area contributed by atoms with Gasteiger partial charge >= 0.3 is 6.03 Å². The number of nitrogens with one attached hydrogen (secondary N) is 1. The molecule has 0 aromatic carbocycles. The third-order valence-electron chi connectivity index (χ3n) is 2.58. The average Bonchev–Trinajstić information content (AvgIpc) is 2.27. The molecule has 1 aliphatic rings. The van der Waals surface area contributed by atoms with E-state index in [2.05, 4.69) is 10.5 Å². The minimum Gasteiger partial charge on any atom is -0.393 e. The number of carbonyl (C=O) groups is 1. The third-order valence-corrected chi connectivity index (χ3v) is 2.58. The van der Waals surface area contributed by atoms with Gasteiger partial charge in [-0.1, -0.05) is 6.42 Å². The van der Waals surface area contributed by atoms with Crippen molar-refractivity contribution in [2.24, 2.45) is 10.8 Å². The molecule has 1 saturated carbocycles. The Bertz CT molecular complexity index is 241. The molecule has 0 aromatic rings. The molecule has 0 aliphatic heterocycles. The maximum Gasteiger partial charge on any atom is 0.332 e. The Morgan fingerprint density at radius 1 is 1.33 bits per heavy atom. The van der Waals surface area contributed by atoms with Crippen molar-refractivity contribution in [3.8, 4) is 0 Å². The standard InChI is InChI=1S/C10H19N3O2/c11-10(15)13-12-8-4-1-2-6-9(14)7-3-5-8/h9,14H,1-7H2,(H3,11,13,15). The molecule has 0 spiro atoms. The molecule has 2 amide bonds. The number of urea groups is 1. The number of hydrogen-bond donors (Lipinski definition) is 3. The highest BCUT2D eigenvalue weighted by atomic mass is 16.3. The van der Waals surface area contributed by atoms with E-state index in [1.165, 1.54) is 0 Å². The van der Waals surface area contributed by atoms with E-state index >= 15 is 0 Å². The number of nitrogens with zero attached hydrogens (tertiary/aromatic N) is 1. The lowest BCUT2D eigenvalue weighted by Crippen LogP contribution is -2.25. The molecule has 1 aliphatic carbocycles. The highest BCUT2D eigenvalue weighted by molar-refractivity contribution is 5.85. The minimum absolute atomic E-state index is 0.173. The number of amides is 2. The molecule has 0 bridgehead atoms. The van der Waals surface area contributed by atoms with Gasteiger partial charge in [0.25, 0.3) is 0 Å². The van der Waals surface area contributed by atoms with Crippen LogP contribution < -0.4 is 11.2 Å². The van der Waals surface area contributed by atoms with Crippen molar-refractivity contribution in [1.82, 2.24) is 5.43 Å². The van der Waals surface area contributed by atoms with Gasteiger partial charge in [-0.25, -0.2) is 10.2 Å². The molecule has 1 rings (SSSR count). The molecule has 15 heavy (non-hydrogen) atoms. The third kappa shape index (κ3) is 5.37. The molecule has 0 saturated heterocycles. The lowest BCUT2D eigenvalue weighted by Gasteiger charge is -2.06. The molecule has 86 valence electrons. The minimum atomic E-state index is -0.623. The number of hydrogen-bond acceptors (Lipinski definition) is 3. The van der Waals surface area contributed by atoms with Crippen LogP contribution in [0.25, 0.3) is 0 Å². The maximum absolute atomic E-state index is 10.5. The first-order chi connectivity index (χ1) is 7.18. The normalized spacial score (nSPS) is 26.5. The first kappa shape index (κ1) is 12.0. The van der Waals surface area contributed by atoms with Gasteiger partial charge in [0.05, 0.1) is 6.10 Å². The monoisotopic (exact) mass is 213 g/mol. The van der Waals surface area contributed by atoms with Gasteiger partial charge < -0.3 is 10.8 Å². The number of carbonyl (C=O) groups excluding carboxylic acids is 1. The van der Waals surface area contributed by atoms with Crippen molar-refractivity contribution in [2.45, 2.75) is 51.0 Å². The molecular weight excluding hydrogens is 194 g/mol. The molecule has 1 unspecified atom stereocenters. The van der Waals surface area contributed by atoms with Crippen LogP contribution in [0.3, 0.4) is 0 Å². The molecule has 0 radical (unpaired) electrons. The van der Waals surface area contributed by atoms with Crippen LogP contribution in [0.4, 0.5) is 4.79 Å². The van der Waals surface area contributed by atoms with Gasteiger partial charge in [-0.05, 0) is 38.5 Å². The Labute approximate surface area is 89.7 Å². The zero-order chi connectivity index (χ0) is 11.1. The molecule has 4 N–H and O–H groups in total. The van der Waals surface area contributed by atoms with Crippen LogP contribution in [-0.4, -0.2) is 23.0 Å². The fourth-order valence-electron chi connectivity index (χ4n) is 1.77. The highest BCUT2D eigenvalue weighted by Crippen LogP contribution is 2.15. The summed E-state index contributed by atoms with van der Waals surface area (Å²) in [6.07, 6.45) is 6.16. The molecule has 5 heteroatoms. The second-order valence-electron chi connectivity index (χ2n) is 3.95. The van der Waals surface area contributed by atoms with Crippen LogP contribution in [0.15, 0.2) is 5.10 Å². The number of rotatable bonds is 1. The first-order valence-electron chi connectivity index (χ1n) is 5.47. The van der Waals surface area contributed by atoms with Gasteiger partial charge in [0, 0.05) is 5.71 Å². The van der Waals surface area contributed by atoms with Gasteiger partial charge in [-0.15, -0.1) is 0 Å². The van der Waals surface area contributed by atoms with Crippen molar-refractivity contribution >= 4 is 11.7 Å². The fraction of sp³-hybridized carbons (Fsp3) is 0.800. The smallest absolute Gasteiger partial charge is 0.332 e. The van der Waals surface area contributed by atoms with E-state index in [9.17, 15) is 9.90 Å². The van der Waals surface area contributed by atoms with Crippen LogP contribution >= 0.6 is 0 Å². The van der Waals surface area contributed by atoms with Gasteiger partial charge in [-0.3, -0.25) is 0 Å². The molecule has 0 aromatic heterocycles. The van der Waals surface area contributed by atoms with Crippen molar-refractivity contribution in [3.05, 3.63) is 0 Å². The van der Waals surface area contributed by atoms with Crippen molar-refractivity contribution in [3.63, 3.8) is 0 Å². The Morgan fingerprint density at radius 2 is 2.00 bits per heavy atom. The largest absolute Gasteiger partial charge is 0.393 e. The molecule has 1 fully saturated rings. The van der Waals surface area contributed by atoms with Crippen molar-refractivity contribution in [2.75, 3.05) is 0 Å². The van der Waals surface area contributed by atoms with E-state index in [-0.39, 0.29) is 6.10 Å². The summed E-state index contributed by atoms with van der Waals surface area (Å²) in [4.78, 5) is 10.5. The number of hydrazone groups is 1. The van der Waals surface area contributed by atoms with Gasteiger partial charge in [0.2, 0.25) is 0 Å². The number of aliphatic hydroxyl groups is 1. The second kappa shape index (κ2) is 6.40. The van der Waals surface area contributed by atoms with Crippen LogP contribution in [0.2, 0.25) is 0 Å². The Balaban J connectivity index is 2.42. The first-order valence-corrected chi connectivity index (χ1v) is 5.47. The van der Waals surface area contributed by atoms with E-state index in [0.29, 0.717) is 0 Å². The lowest BCUT2D eigenvalue weighted by atomic mass is 10.1. The fourth-order valence-corrected chi connectivity index (χ4v) is 1.77. The summed E-state index contributed by atoms with van der Waals surface area (Å²) in [5, 5.41) is 13.5. The average molecular weight is 213 g/mol. The zero-order valence-electron chi connectivity index (χ0n) is 8.91. The van der Waals surface area contributed by atoms with E-state index in [4.69, 9.17) is 5.73 Å². The predicted octanol–water partition coefficient (Wildman–Crippen LogP) is 1.12. The summed E-state index contributed by atoms with van der Waals surface area (Å²) in [6.45, 7) is 0. The molecule has 5 nitrogen and oxygen atoms in total. The Hall–Kier alpha value is -1.10. The summed E-state index contributed by atoms with van der Waals surface area (Å²) in [5.74, 6) is 0. The van der Waals surface area contributed by atoms with Gasteiger partial charge in [-0.2, -0.15) is 5.10 Å². The summed E-state index contributed by atoms with van der Waals surface area (Å²) in [6, 6.07) is -0.623. The molecular formula is C10H19N3O2. The number of aliphatic hydroxyl groups excluding tert-OH is 1. The highest BCUT2D eigenvalue weighted by Gasteiger charge is 2.09. The lowest BCUT2D eigenvalue weighted by molar-refractivity contribution is 0.150. The number of nitrogens with two attached hydrogens (primary N) is 1. The predicted molar refractivity (Wildman–Crippen MR) is 58.5 cm³/mol. The SMILES string of the molecule is NC(=O)NN=C1CCCCC(O)CCC1. The van der Waals surface area contributed by atoms with Crippen molar-refractivity contribution < 1.29 is 9.90 Å².